The molecule has 0 aromatic heterocycles. The summed E-state index contributed by atoms with van der Waals surface area (Å²) in [4.78, 5) is 2.44. The minimum atomic E-state index is 0.382. The zero-order valence-electron chi connectivity index (χ0n) is 11.2. The van der Waals surface area contributed by atoms with Crippen LogP contribution >= 0.6 is 0 Å². The summed E-state index contributed by atoms with van der Waals surface area (Å²) in [5, 5.41) is 3.38. The quantitative estimate of drug-likeness (QED) is 0.673. The van der Waals surface area contributed by atoms with Crippen molar-refractivity contribution in [2.24, 2.45) is 0 Å². The Balaban J connectivity index is 2.14. The van der Waals surface area contributed by atoms with E-state index in [1.54, 1.807) is 0 Å². The van der Waals surface area contributed by atoms with E-state index in [-0.39, 0.29) is 0 Å². The van der Waals surface area contributed by atoms with Crippen molar-refractivity contribution in [3.63, 3.8) is 0 Å². The third kappa shape index (κ3) is 5.28. The minimum absolute atomic E-state index is 0.382. The molecule has 1 rings (SSSR count). The molecule has 0 bridgehead atoms. The molecule has 2 atom stereocenters. The summed E-state index contributed by atoms with van der Waals surface area (Å²) in [6.07, 6.45) is 5.72. The van der Waals surface area contributed by atoms with E-state index in [2.05, 4.69) is 31.1 Å². The lowest BCUT2D eigenvalue weighted by Gasteiger charge is -2.31. The fourth-order valence-electron chi connectivity index (χ4n) is 2.15. The van der Waals surface area contributed by atoms with Crippen LogP contribution in [-0.4, -0.2) is 50.3 Å². The molecule has 96 valence electrons. The standard InChI is InChI=1S/C13H28N2O/c1-4-5-6-7-12(2)15(3)11-13-10-14-8-9-16-13/h12-14H,4-11H2,1-3H3. The molecule has 0 spiro atoms. The molecule has 2 unspecified atom stereocenters. The third-order valence-electron chi connectivity index (χ3n) is 3.47. The molecular weight excluding hydrogens is 200 g/mol. The van der Waals surface area contributed by atoms with Gasteiger partial charge in [-0.3, -0.25) is 0 Å². The van der Waals surface area contributed by atoms with Gasteiger partial charge >= 0.3 is 0 Å². The number of nitrogens with zero attached hydrogens (tertiary/aromatic N) is 1. The summed E-state index contributed by atoms with van der Waals surface area (Å²) in [5.41, 5.74) is 0. The van der Waals surface area contributed by atoms with Crippen molar-refractivity contribution in [3.05, 3.63) is 0 Å². The maximum Gasteiger partial charge on any atom is 0.0826 e. The van der Waals surface area contributed by atoms with Crippen molar-refractivity contribution in [2.75, 3.05) is 33.3 Å². The summed E-state index contributed by atoms with van der Waals surface area (Å²) in [7, 11) is 2.22. The monoisotopic (exact) mass is 228 g/mol. The summed E-state index contributed by atoms with van der Waals surface area (Å²) >= 11 is 0. The molecule has 3 nitrogen and oxygen atoms in total. The highest BCUT2D eigenvalue weighted by Crippen LogP contribution is 2.09. The highest BCUT2D eigenvalue weighted by atomic mass is 16.5. The van der Waals surface area contributed by atoms with Crippen LogP contribution in [0.3, 0.4) is 0 Å². The van der Waals surface area contributed by atoms with Gasteiger partial charge < -0.3 is 15.0 Å². The van der Waals surface area contributed by atoms with E-state index in [9.17, 15) is 0 Å². The van der Waals surface area contributed by atoms with Gasteiger partial charge in [0.05, 0.1) is 12.7 Å². The van der Waals surface area contributed by atoms with Crippen LogP contribution in [0.2, 0.25) is 0 Å². The molecule has 1 heterocycles. The lowest BCUT2D eigenvalue weighted by molar-refractivity contribution is 0.00338. The number of likely N-dealkylation sites (N-methyl/N-ethyl adjacent to an activating group) is 1. The largest absolute Gasteiger partial charge is 0.374 e. The summed E-state index contributed by atoms with van der Waals surface area (Å²) < 4.78 is 5.72. The first kappa shape index (κ1) is 13.9. The van der Waals surface area contributed by atoms with Crippen LogP contribution in [0.1, 0.15) is 39.5 Å². The average Bonchev–Trinajstić information content (AvgIpc) is 2.30. The van der Waals surface area contributed by atoms with Crippen LogP contribution in [0.15, 0.2) is 0 Å². The van der Waals surface area contributed by atoms with E-state index in [0.29, 0.717) is 12.1 Å². The van der Waals surface area contributed by atoms with Crippen molar-refractivity contribution >= 4 is 0 Å². The Labute approximate surface area is 101 Å². The van der Waals surface area contributed by atoms with Crippen molar-refractivity contribution < 1.29 is 4.74 Å². The fraction of sp³-hybridized carbons (Fsp3) is 1.00. The average molecular weight is 228 g/mol. The zero-order valence-corrected chi connectivity index (χ0v) is 11.2. The molecule has 0 amide bonds. The number of morpholine rings is 1. The lowest BCUT2D eigenvalue weighted by Crippen LogP contribution is -2.46. The first-order valence-electron chi connectivity index (χ1n) is 6.76. The molecule has 0 radical (unpaired) electrons. The summed E-state index contributed by atoms with van der Waals surface area (Å²) in [6, 6.07) is 0.678. The number of ether oxygens (including phenoxy) is 1. The maximum absolute atomic E-state index is 5.72. The van der Waals surface area contributed by atoms with Crippen molar-refractivity contribution in [3.8, 4) is 0 Å². The Morgan fingerprint density at radius 3 is 2.88 bits per heavy atom. The van der Waals surface area contributed by atoms with Crippen molar-refractivity contribution in [2.45, 2.75) is 51.7 Å². The molecular formula is C13H28N2O. The highest BCUT2D eigenvalue weighted by molar-refractivity contribution is 4.73. The first-order valence-corrected chi connectivity index (χ1v) is 6.76. The van der Waals surface area contributed by atoms with Crippen LogP contribution in [0.25, 0.3) is 0 Å². The predicted molar refractivity (Wildman–Crippen MR) is 68.8 cm³/mol. The third-order valence-corrected chi connectivity index (χ3v) is 3.47. The number of rotatable bonds is 7. The Morgan fingerprint density at radius 1 is 1.44 bits per heavy atom. The van der Waals surface area contributed by atoms with Crippen molar-refractivity contribution in [1.29, 1.82) is 0 Å². The van der Waals surface area contributed by atoms with E-state index in [0.717, 1.165) is 26.2 Å². The summed E-state index contributed by atoms with van der Waals surface area (Å²) in [6.45, 7) is 8.52. The molecule has 1 saturated heterocycles. The Hall–Kier alpha value is -0.120. The molecule has 0 aromatic carbocycles. The van der Waals surface area contributed by atoms with Gasteiger partial charge in [0, 0.05) is 25.7 Å². The van der Waals surface area contributed by atoms with E-state index in [1.165, 1.54) is 25.7 Å². The molecule has 1 N–H and O–H groups in total. The Morgan fingerprint density at radius 2 is 2.25 bits per heavy atom. The van der Waals surface area contributed by atoms with Crippen LogP contribution in [0.5, 0.6) is 0 Å². The van der Waals surface area contributed by atoms with Gasteiger partial charge in [0.25, 0.3) is 0 Å². The van der Waals surface area contributed by atoms with Gasteiger partial charge in [-0.1, -0.05) is 26.2 Å². The van der Waals surface area contributed by atoms with E-state index in [1.807, 2.05) is 0 Å². The number of nitrogens with one attached hydrogen (secondary N) is 1. The molecule has 0 saturated carbocycles. The van der Waals surface area contributed by atoms with Crippen LogP contribution < -0.4 is 5.32 Å². The fourth-order valence-corrected chi connectivity index (χ4v) is 2.15. The number of hydrogen-bond donors (Lipinski definition) is 1. The van der Waals surface area contributed by atoms with E-state index >= 15 is 0 Å². The van der Waals surface area contributed by atoms with Gasteiger partial charge in [-0.25, -0.2) is 0 Å². The maximum atomic E-state index is 5.72. The topological polar surface area (TPSA) is 24.5 Å². The Kier molecular flexibility index (Phi) is 7.01. The van der Waals surface area contributed by atoms with Gasteiger partial charge in [0.2, 0.25) is 0 Å². The molecule has 0 aromatic rings. The summed E-state index contributed by atoms with van der Waals surface area (Å²) in [5.74, 6) is 0. The van der Waals surface area contributed by atoms with Crippen molar-refractivity contribution in [1.82, 2.24) is 10.2 Å². The second-order valence-electron chi connectivity index (χ2n) is 4.98. The SMILES string of the molecule is CCCCCC(C)N(C)CC1CNCCO1. The van der Waals surface area contributed by atoms with Gasteiger partial charge in [0.1, 0.15) is 0 Å². The van der Waals surface area contributed by atoms with Gasteiger partial charge in [0.15, 0.2) is 0 Å². The molecule has 1 aliphatic heterocycles. The van der Waals surface area contributed by atoms with Gasteiger partial charge in [-0.05, 0) is 20.4 Å². The zero-order chi connectivity index (χ0) is 11.8. The molecule has 16 heavy (non-hydrogen) atoms. The van der Waals surface area contributed by atoms with Gasteiger partial charge in [-0.2, -0.15) is 0 Å². The van der Waals surface area contributed by atoms with E-state index < -0.39 is 0 Å². The van der Waals surface area contributed by atoms with Gasteiger partial charge in [-0.15, -0.1) is 0 Å². The molecule has 1 fully saturated rings. The highest BCUT2D eigenvalue weighted by Gasteiger charge is 2.18. The minimum Gasteiger partial charge on any atom is -0.374 e. The van der Waals surface area contributed by atoms with Crippen LogP contribution in [0, 0.1) is 0 Å². The molecule has 3 heteroatoms. The van der Waals surface area contributed by atoms with E-state index in [4.69, 9.17) is 4.74 Å². The number of unbranched alkanes of at least 4 members (excludes halogenated alkanes) is 2. The predicted octanol–water partition coefficient (Wildman–Crippen LogP) is 1.88. The lowest BCUT2D eigenvalue weighted by atomic mass is 10.1. The van der Waals surface area contributed by atoms with Crippen LogP contribution in [-0.2, 0) is 4.74 Å². The Bertz CT molecular complexity index is 169. The van der Waals surface area contributed by atoms with Crippen LogP contribution in [0.4, 0.5) is 0 Å². The first-order chi connectivity index (χ1) is 7.74. The molecule has 1 aliphatic rings. The smallest absolute Gasteiger partial charge is 0.0826 e. The number of hydrogen-bond acceptors (Lipinski definition) is 3. The second kappa shape index (κ2) is 8.04. The normalized spacial score (nSPS) is 23.6. The second-order valence-corrected chi connectivity index (χ2v) is 4.98. The molecule has 0 aliphatic carbocycles.